The number of hydrogen-bond acceptors (Lipinski definition) is 4. The highest BCUT2D eigenvalue weighted by atomic mass is 32.2. The fourth-order valence-corrected chi connectivity index (χ4v) is 4.09. The van der Waals surface area contributed by atoms with Crippen molar-refractivity contribution in [2.45, 2.75) is 36.5 Å². The predicted octanol–water partition coefficient (Wildman–Crippen LogP) is 3.40. The van der Waals surface area contributed by atoms with Gasteiger partial charge in [-0.2, -0.15) is 0 Å². The lowest BCUT2D eigenvalue weighted by Crippen LogP contribution is -2.13. The number of nitrogens with one attached hydrogen (secondary N) is 1. The largest absolute Gasteiger partial charge is 0.280 e. The summed E-state index contributed by atoms with van der Waals surface area (Å²) in [5.74, 6) is 0.322. The van der Waals surface area contributed by atoms with Crippen LogP contribution in [0, 0.1) is 0 Å². The van der Waals surface area contributed by atoms with Crippen LogP contribution in [-0.2, 0) is 19.9 Å². The van der Waals surface area contributed by atoms with E-state index in [4.69, 9.17) is 0 Å². The van der Waals surface area contributed by atoms with E-state index < -0.39 is 19.9 Å². The van der Waals surface area contributed by atoms with Crippen molar-refractivity contribution in [3.05, 3.63) is 54.1 Å². The Morgan fingerprint density at radius 2 is 1.33 bits per heavy atom. The molecule has 2 aromatic carbocycles. The molecule has 0 fully saturated rings. The first-order valence-electron chi connectivity index (χ1n) is 7.61. The van der Waals surface area contributed by atoms with Crippen LogP contribution in [0.3, 0.4) is 0 Å². The molecule has 0 spiro atoms. The first-order chi connectivity index (χ1) is 11.2. The second-order valence-electron chi connectivity index (χ2n) is 5.76. The van der Waals surface area contributed by atoms with Gasteiger partial charge in [-0.3, -0.25) is 4.72 Å². The van der Waals surface area contributed by atoms with Gasteiger partial charge in [0.15, 0.2) is 9.84 Å². The number of hydrogen-bond donors (Lipinski definition) is 1. The lowest BCUT2D eigenvalue weighted by Gasteiger charge is -2.10. The van der Waals surface area contributed by atoms with Crippen LogP contribution in [0.2, 0.25) is 0 Å². The van der Waals surface area contributed by atoms with Crippen LogP contribution in [0.5, 0.6) is 0 Å². The molecule has 0 heterocycles. The summed E-state index contributed by atoms with van der Waals surface area (Å²) in [7, 11) is -7.01. The van der Waals surface area contributed by atoms with Gasteiger partial charge in [-0.05, 0) is 47.9 Å². The quantitative estimate of drug-likeness (QED) is 0.848. The Balaban J connectivity index is 2.23. The third-order valence-corrected chi connectivity index (χ3v) is 6.85. The molecular weight excluding hydrogens is 346 g/mol. The Labute approximate surface area is 143 Å². The van der Waals surface area contributed by atoms with E-state index in [-0.39, 0.29) is 15.5 Å². The van der Waals surface area contributed by atoms with Crippen molar-refractivity contribution in [1.29, 1.82) is 0 Å². The van der Waals surface area contributed by atoms with Crippen molar-refractivity contribution in [3.63, 3.8) is 0 Å². The van der Waals surface area contributed by atoms with Crippen molar-refractivity contribution in [2.24, 2.45) is 0 Å². The summed E-state index contributed by atoms with van der Waals surface area (Å²) >= 11 is 0. The van der Waals surface area contributed by atoms with Crippen LogP contribution in [0.4, 0.5) is 5.69 Å². The number of anilines is 1. The van der Waals surface area contributed by atoms with Gasteiger partial charge in [0, 0.05) is 5.69 Å². The average molecular weight is 367 g/mol. The molecule has 0 aliphatic carbocycles. The van der Waals surface area contributed by atoms with Gasteiger partial charge in [0.2, 0.25) is 0 Å². The van der Waals surface area contributed by atoms with Crippen molar-refractivity contribution in [3.8, 4) is 0 Å². The van der Waals surface area contributed by atoms with Crippen LogP contribution < -0.4 is 4.72 Å². The third-order valence-electron chi connectivity index (χ3n) is 3.70. The van der Waals surface area contributed by atoms with Gasteiger partial charge in [-0.25, -0.2) is 16.8 Å². The molecule has 2 rings (SSSR count). The number of rotatable bonds is 6. The van der Waals surface area contributed by atoms with Gasteiger partial charge in [0.25, 0.3) is 10.0 Å². The SMILES string of the molecule is CCS(=O)(=O)c1ccc(NS(=O)(=O)c2ccc(C(C)C)cc2)cc1. The van der Waals surface area contributed by atoms with Gasteiger partial charge in [0.1, 0.15) is 0 Å². The molecule has 0 aliphatic rings. The Bertz CT molecular complexity index is 898. The fraction of sp³-hybridized carbons (Fsp3) is 0.294. The Kier molecular flexibility index (Phi) is 5.35. The van der Waals surface area contributed by atoms with Crippen LogP contribution >= 0.6 is 0 Å². The molecule has 5 nitrogen and oxygen atoms in total. The van der Waals surface area contributed by atoms with Crippen LogP contribution in [-0.4, -0.2) is 22.6 Å². The maximum absolute atomic E-state index is 12.4. The zero-order valence-corrected chi connectivity index (χ0v) is 15.5. The number of sulfone groups is 1. The van der Waals surface area contributed by atoms with E-state index in [1.54, 1.807) is 31.2 Å². The Hall–Kier alpha value is -1.86. The van der Waals surface area contributed by atoms with E-state index in [1.807, 2.05) is 13.8 Å². The fourth-order valence-electron chi connectivity index (χ4n) is 2.14. The highest BCUT2D eigenvalue weighted by Gasteiger charge is 2.16. The molecule has 0 bridgehead atoms. The second kappa shape index (κ2) is 6.94. The molecule has 0 aliphatic heterocycles. The summed E-state index contributed by atoms with van der Waals surface area (Å²) in [4.78, 5) is 0.339. The predicted molar refractivity (Wildman–Crippen MR) is 95.5 cm³/mol. The molecule has 2 aromatic rings. The monoisotopic (exact) mass is 367 g/mol. The molecule has 130 valence electrons. The van der Waals surface area contributed by atoms with Gasteiger partial charge < -0.3 is 0 Å². The summed E-state index contributed by atoms with van der Waals surface area (Å²) in [6.45, 7) is 5.63. The van der Waals surface area contributed by atoms with Crippen LogP contribution in [0.1, 0.15) is 32.3 Å². The molecule has 0 radical (unpaired) electrons. The minimum Gasteiger partial charge on any atom is -0.280 e. The Morgan fingerprint density at radius 3 is 1.79 bits per heavy atom. The van der Waals surface area contributed by atoms with Crippen molar-refractivity contribution in [1.82, 2.24) is 0 Å². The standard InChI is InChI=1S/C17H21NO4S2/c1-4-23(19,20)16-11-7-15(8-12-16)18-24(21,22)17-9-5-14(6-10-17)13(2)3/h5-13,18H,4H2,1-3H3. The van der Waals surface area contributed by atoms with E-state index in [9.17, 15) is 16.8 Å². The lowest BCUT2D eigenvalue weighted by atomic mass is 10.0. The van der Waals surface area contributed by atoms with Gasteiger partial charge in [-0.1, -0.05) is 32.9 Å². The highest BCUT2D eigenvalue weighted by Crippen LogP contribution is 2.21. The van der Waals surface area contributed by atoms with E-state index in [0.29, 0.717) is 11.6 Å². The van der Waals surface area contributed by atoms with Gasteiger partial charge >= 0.3 is 0 Å². The summed E-state index contributed by atoms with van der Waals surface area (Å²) < 4.78 is 50.8. The number of sulfonamides is 1. The minimum atomic E-state index is -3.71. The average Bonchev–Trinajstić information content (AvgIpc) is 2.55. The van der Waals surface area contributed by atoms with E-state index in [1.165, 1.54) is 24.3 Å². The van der Waals surface area contributed by atoms with Gasteiger partial charge in [0.05, 0.1) is 15.5 Å². The van der Waals surface area contributed by atoms with Gasteiger partial charge in [-0.15, -0.1) is 0 Å². The lowest BCUT2D eigenvalue weighted by molar-refractivity contribution is 0.597. The first kappa shape index (κ1) is 18.5. The molecular formula is C17H21NO4S2. The smallest absolute Gasteiger partial charge is 0.261 e. The summed E-state index contributed by atoms with van der Waals surface area (Å²) in [5.41, 5.74) is 1.38. The van der Waals surface area contributed by atoms with Crippen LogP contribution in [0.25, 0.3) is 0 Å². The summed E-state index contributed by atoms with van der Waals surface area (Å²) in [6, 6.07) is 12.4. The van der Waals surface area contributed by atoms with E-state index in [2.05, 4.69) is 4.72 Å². The molecule has 0 atom stereocenters. The van der Waals surface area contributed by atoms with Crippen LogP contribution in [0.15, 0.2) is 58.3 Å². The van der Waals surface area contributed by atoms with Crippen molar-refractivity contribution < 1.29 is 16.8 Å². The molecule has 0 saturated heterocycles. The zero-order valence-electron chi connectivity index (χ0n) is 13.9. The molecule has 0 saturated carbocycles. The van der Waals surface area contributed by atoms with E-state index in [0.717, 1.165) is 5.56 Å². The molecule has 24 heavy (non-hydrogen) atoms. The van der Waals surface area contributed by atoms with Crippen molar-refractivity contribution in [2.75, 3.05) is 10.5 Å². The summed E-state index contributed by atoms with van der Waals surface area (Å²) in [6.07, 6.45) is 0. The molecule has 0 amide bonds. The maximum Gasteiger partial charge on any atom is 0.261 e. The van der Waals surface area contributed by atoms with Crippen molar-refractivity contribution >= 4 is 25.5 Å². The highest BCUT2D eigenvalue weighted by molar-refractivity contribution is 7.92. The maximum atomic E-state index is 12.4. The Morgan fingerprint density at radius 1 is 0.833 bits per heavy atom. The topological polar surface area (TPSA) is 80.3 Å². The second-order valence-corrected chi connectivity index (χ2v) is 9.72. The number of benzene rings is 2. The zero-order chi connectivity index (χ0) is 18.0. The molecule has 7 heteroatoms. The molecule has 1 N–H and O–H groups in total. The third kappa shape index (κ3) is 4.15. The minimum absolute atomic E-state index is 0.000272. The normalized spacial score (nSPS) is 12.3. The first-order valence-corrected chi connectivity index (χ1v) is 10.7. The van der Waals surface area contributed by atoms with E-state index >= 15 is 0 Å². The summed E-state index contributed by atoms with van der Waals surface area (Å²) in [5, 5.41) is 0. The molecule has 0 aromatic heterocycles. The molecule has 0 unspecified atom stereocenters.